The Balaban J connectivity index is 1.49. The zero-order chi connectivity index (χ0) is 22.5. The first kappa shape index (κ1) is 21.1. The van der Waals surface area contributed by atoms with Crippen molar-refractivity contribution in [2.45, 2.75) is 29.9 Å². The number of thiazole rings is 1. The van der Waals surface area contributed by atoms with E-state index in [0.717, 1.165) is 23.1 Å². The van der Waals surface area contributed by atoms with Crippen molar-refractivity contribution in [1.82, 2.24) is 4.98 Å². The average molecular weight is 471 g/mol. The zero-order valence-corrected chi connectivity index (χ0v) is 18.8. The van der Waals surface area contributed by atoms with Crippen LogP contribution in [0.1, 0.15) is 29.0 Å². The average Bonchev–Trinajstić information content (AvgIpc) is 3.51. The third-order valence-electron chi connectivity index (χ3n) is 5.99. The van der Waals surface area contributed by atoms with Gasteiger partial charge in [-0.1, -0.05) is 41.7 Å². The maximum absolute atomic E-state index is 13.5. The Labute approximate surface area is 190 Å². The van der Waals surface area contributed by atoms with Gasteiger partial charge in [0, 0.05) is 18.7 Å². The van der Waals surface area contributed by atoms with Crippen LogP contribution in [0.5, 0.6) is 0 Å². The number of amides is 1. The Morgan fingerprint density at radius 2 is 1.78 bits per heavy atom. The number of carbonyl (C=O) groups excluding carboxylic acids is 1. The zero-order valence-electron chi connectivity index (χ0n) is 17.1. The van der Waals surface area contributed by atoms with E-state index >= 15 is 0 Å². The standard InChI is InChI=1S/C22H22N4O4S2/c23-32(29,30)16-9-7-15(8-10-16)22(28)17-5-1-2-6-18(17)26(21(22)27)14-19-24-13-20(31-19)25-11-3-4-12-25/h1-2,5-10,13,28H,3-4,11-12,14H2,(H2,23,29,30). The fourth-order valence-corrected chi connectivity index (χ4v) is 5.82. The number of aliphatic hydroxyl groups is 1. The van der Waals surface area contributed by atoms with Gasteiger partial charge in [0.05, 0.1) is 23.3 Å². The molecule has 1 aromatic heterocycles. The normalized spacial score (nSPS) is 20.8. The number of sulfonamides is 1. The molecule has 1 unspecified atom stereocenters. The van der Waals surface area contributed by atoms with Crippen LogP contribution in [0.3, 0.4) is 0 Å². The number of benzene rings is 2. The highest BCUT2D eigenvalue weighted by Crippen LogP contribution is 2.45. The minimum Gasteiger partial charge on any atom is -0.372 e. The number of nitrogens with zero attached hydrogens (tertiary/aromatic N) is 3. The number of hydrogen-bond acceptors (Lipinski definition) is 7. The van der Waals surface area contributed by atoms with E-state index in [9.17, 15) is 18.3 Å². The lowest BCUT2D eigenvalue weighted by atomic mass is 9.87. The van der Waals surface area contributed by atoms with E-state index in [1.165, 1.54) is 42.0 Å². The van der Waals surface area contributed by atoms with Gasteiger partial charge in [0.25, 0.3) is 5.91 Å². The minimum absolute atomic E-state index is 0.0855. The van der Waals surface area contributed by atoms with Gasteiger partial charge in [0.15, 0.2) is 5.60 Å². The van der Waals surface area contributed by atoms with E-state index in [4.69, 9.17) is 5.14 Å². The molecule has 10 heteroatoms. The van der Waals surface area contributed by atoms with Gasteiger partial charge in [-0.25, -0.2) is 18.5 Å². The SMILES string of the molecule is NS(=O)(=O)c1ccc(C2(O)C(=O)N(Cc3ncc(N4CCCC4)s3)c3ccccc32)cc1. The molecule has 2 aromatic carbocycles. The molecular weight excluding hydrogens is 448 g/mol. The maximum atomic E-state index is 13.5. The number of para-hydroxylation sites is 1. The predicted molar refractivity (Wildman–Crippen MR) is 122 cm³/mol. The maximum Gasteiger partial charge on any atom is 0.268 e. The molecule has 2 aliphatic heterocycles. The van der Waals surface area contributed by atoms with Gasteiger partial charge in [-0.05, 0) is 36.6 Å². The second-order valence-electron chi connectivity index (χ2n) is 7.97. The fourth-order valence-electron chi connectivity index (χ4n) is 4.35. The molecule has 0 radical (unpaired) electrons. The molecular formula is C22H22N4O4S2. The monoisotopic (exact) mass is 470 g/mol. The van der Waals surface area contributed by atoms with Crippen LogP contribution in [0.2, 0.25) is 0 Å². The summed E-state index contributed by atoms with van der Waals surface area (Å²) in [5.74, 6) is -0.500. The second kappa shape index (κ2) is 7.66. The molecule has 0 saturated carbocycles. The van der Waals surface area contributed by atoms with E-state index in [2.05, 4.69) is 9.88 Å². The van der Waals surface area contributed by atoms with Gasteiger partial charge < -0.3 is 14.9 Å². The summed E-state index contributed by atoms with van der Waals surface area (Å²) in [4.78, 5) is 21.8. The van der Waals surface area contributed by atoms with Crippen LogP contribution in [0.25, 0.3) is 0 Å². The Morgan fingerprint density at radius 3 is 2.47 bits per heavy atom. The largest absolute Gasteiger partial charge is 0.372 e. The molecule has 1 amide bonds. The number of anilines is 2. The van der Waals surface area contributed by atoms with Crippen LogP contribution in [-0.2, 0) is 27.0 Å². The number of carbonyl (C=O) groups is 1. The van der Waals surface area contributed by atoms with Crippen molar-refractivity contribution in [1.29, 1.82) is 0 Å². The van der Waals surface area contributed by atoms with E-state index < -0.39 is 21.5 Å². The molecule has 3 aromatic rings. The summed E-state index contributed by atoms with van der Waals surface area (Å²) in [6.45, 7) is 2.27. The van der Waals surface area contributed by atoms with E-state index in [0.29, 0.717) is 11.3 Å². The summed E-state index contributed by atoms with van der Waals surface area (Å²) in [6.07, 6.45) is 4.18. The van der Waals surface area contributed by atoms with Gasteiger partial charge in [0.2, 0.25) is 10.0 Å². The quantitative estimate of drug-likeness (QED) is 0.590. The molecule has 5 rings (SSSR count). The summed E-state index contributed by atoms with van der Waals surface area (Å²) < 4.78 is 23.2. The first-order valence-corrected chi connectivity index (χ1v) is 12.6. The number of primary sulfonamides is 1. The predicted octanol–water partition coefficient (Wildman–Crippen LogP) is 2.17. The molecule has 32 heavy (non-hydrogen) atoms. The van der Waals surface area contributed by atoms with Crippen molar-refractivity contribution in [3.8, 4) is 0 Å². The lowest BCUT2D eigenvalue weighted by Gasteiger charge is -2.23. The summed E-state index contributed by atoms with van der Waals surface area (Å²) in [7, 11) is -3.88. The van der Waals surface area contributed by atoms with Crippen molar-refractivity contribution >= 4 is 38.0 Å². The molecule has 1 atom stereocenters. The summed E-state index contributed by atoms with van der Waals surface area (Å²) in [5.41, 5.74) is -0.595. The minimum atomic E-state index is -3.88. The fraction of sp³-hybridized carbons (Fsp3) is 0.273. The van der Waals surface area contributed by atoms with Gasteiger partial charge in [0.1, 0.15) is 10.0 Å². The van der Waals surface area contributed by atoms with Crippen LogP contribution in [0.4, 0.5) is 10.7 Å². The van der Waals surface area contributed by atoms with Crippen molar-refractivity contribution < 1.29 is 18.3 Å². The van der Waals surface area contributed by atoms with Gasteiger partial charge >= 0.3 is 0 Å². The lowest BCUT2D eigenvalue weighted by molar-refractivity contribution is -0.132. The Hall–Kier alpha value is -2.79. The highest BCUT2D eigenvalue weighted by Gasteiger charge is 2.51. The summed E-state index contributed by atoms with van der Waals surface area (Å²) in [5, 5.41) is 18.7. The first-order chi connectivity index (χ1) is 15.3. The topological polar surface area (TPSA) is 117 Å². The lowest BCUT2D eigenvalue weighted by Crippen LogP contribution is -2.40. The van der Waals surface area contributed by atoms with Crippen molar-refractivity contribution in [2.75, 3.05) is 22.9 Å². The highest BCUT2D eigenvalue weighted by atomic mass is 32.2. The number of nitrogens with two attached hydrogens (primary N) is 1. The Bertz CT molecular complexity index is 1280. The van der Waals surface area contributed by atoms with E-state index in [-0.39, 0.29) is 17.0 Å². The molecule has 1 fully saturated rings. The van der Waals surface area contributed by atoms with Crippen LogP contribution >= 0.6 is 11.3 Å². The molecule has 0 aliphatic carbocycles. The van der Waals surface area contributed by atoms with Crippen LogP contribution in [0, 0.1) is 0 Å². The van der Waals surface area contributed by atoms with Crippen LogP contribution in [-0.4, -0.2) is 37.5 Å². The Morgan fingerprint density at radius 1 is 1.09 bits per heavy atom. The second-order valence-corrected chi connectivity index (χ2v) is 10.6. The molecule has 0 spiro atoms. The summed E-state index contributed by atoms with van der Waals surface area (Å²) >= 11 is 1.55. The van der Waals surface area contributed by atoms with E-state index in [1.807, 2.05) is 12.3 Å². The molecule has 3 N–H and O–H groups in total. The van der Waals surface area contributed by atoms with Crippen molar-refractivity contribution in [3.05, 3.63) is 70.9 Å². The van der Waals surface area contributed by atoms with Crippen LogP contribution in [0.15, 0.2) is 59.6 Å². The molecule has 1 saturated heterocycles. The highest BCUT2D eigenvalue weighted by molar-refractivity contribution is 7.89. The number of hydrogen-bond donors (Lipinski definition) is 2. The summed E-state index contributed by atoms with van der Waals surface area (Å²) in [6, 6.07) is 12.5. The van der Waals surface area contributed by atoms with Crippen molar-refractivity contribution in [2.24, 2.45) is 5.14 Å². The molecule has 0 bridgehead atoms. The molecule has 2 aliphatic rings. The van der Waals surface area contributed by atoms with Gasteiger partial charge in [-0.15, -0.1) is 0 Å². The number of fused-ring (bicyclic) bond motifs is 1. The van der Waals surface area contributed by atoms with Gasteiger partial charge in [-0.3, -0.25) is 4.79 Å². The van der Waals surface area contributed by atoms with Crippen molar-refractivity contribution in [3.63, 3.8) is 0 Å². The molecule has 3 heterocycles. The number of aromatic nitrogens is 1. The number of rotatable bonds is 5. The molecule has 166 valence electrons. The smallest absolute Gasteiger partial charge is 0.268 e. The first-order valence-electron chi connectivity index (χ1n) is 10.3. The van der Waals surface area contributed by atoms with Gasteiger partial charge in [-0.2, -0.15) is 0 Å². The van der Waals surface area contributed by atoms with E-state index in [1.54, 1.807) is 29.5 Å². The van der Waals surface area contributed by atoms with Crippen LogP contribution < -0.4 is 14.9 Å². The third-order valence-corrected chi connectivity index (χ3v) is 7.96. The molecule has 8 nitrogen and oxygen atoms in total. The Kier molecular flexibility index (Phi) is 5.05. The third kappa shape index (κ3) is 3.39.